The summed E-state index contributed by atoms with van der Waals surface area (Å²) < 4.78 is 13.0. The summed E-state index contributed by atoms with van der Waals surface area (Å²) in [6.45, 7) is 1.55. The van der Waals surface area contributed by atoms with Crippen molar-refractivity contribution >= 4 is 34.7 Å². The number of benzene rings is 2. The number of likely N-dealkylation sites (tertiary alicyclic amines) is 1. The predicted molar refractivity (Wildman–Crippen MR) is 126 cm³/mol. The lowest BCUT2D eigenvalue weighted by Crippen LogP contribution is -2.39. The monoisotopic (exact) mass is 481 g/mol. The highest BCUT2D eigenvalue weighted by Crippen LogP contribution is 2.23. The highest BCUT2D eigenvalue weighted by Gasteiger charge is 2.27. The highest BCUT2D eigenvalue weighted by molar-refractivity contribution is 7.15. The predicted octanol–water partition coefficient (Wildman–Crippen LogP) is 3.49. The van der Waals surface area contributed by atoms with Gasteiger partial charge >= 0.3 is 0 Å². The number of hydrogen-bond acceptors (Lipinski definition) is 6. The van der Waals surface area contributed by atoms with Gasteiger partial charge in [-0.1, -0.05) is 41.7 Å². The maximum atomic E-state index is 13.0. The van der Waals surface area contributed by atoms with E-state index in [4.69, 9.17) is 0 Å². The zero-order chi connectivity index (χ0) is 23.9. The van der Waals surface area contributed by atoms with Crippen LogP contribution < -0.4 is 10.6 Å². The molecule has 3 amide bonds. The minimum absolute atomic E-state index is 0.00885. The van der Waals surface area contributed by atoms with E-state index < -0.39 is 11.7 Å². The van der Waals surface area contributed by atoms with Gasteiger partial charge in [-0.05, 0) is 48.6 Å². The molecule has 0 spiro atoms. The maximum absolute atomic E-state index is 13.0. The van der Waals surface area contributed by atoms with E-state index in [1.165, 1.54) is 24.3 Å². The van der Waals surface area contributed by atoms with E-state index in [1.807, 2.05) is 30.3 Å². The molecule has 0 atom stereocenters. The second-order valence-corrected chi connectivity index (χ2v) is 9.05. The zero-order valence-electron chi connectivity index (χ0n) is 18.4. The van der Waals surface area contributed by atoms with Gasteiger partial charge in [-0.2, -0.15) is 0 Å². The second kappa shape index (κ2) is 11.0. The summed E-state index contributed by atoms with van der Waals surface area (Å²) in [7, 11) is 0. The van der Waals surface area contributed by atoms with Crippen molar-refractivity contribution in [2.24, 2.45) is 5.92 Å². The number of carbonyl (C=O) groups is 3. The van der Waals surface area contributed by atoms with E-state index in [2.05, 4.69) is 20.8 Å². The summed E-state index contributed by atoms with van der Waals surface area (Å²) in [4.78, 5) is 39.1. The van der Waals surface area contributed by atoms with Crippen molar-refractivity contribution in [1.82, 2.24) is 20.4 Å². The van der Waals surface area contributed by atoms with Crippen LogP contribution >= 0.6 is 11.3 Å². The number of hydrogen-bond donors (Lipinski definition) is 2. The topological polar surface area (TPSA) is 104 Å². The molecule has 0 unspecified atom stereocenters. The van der Waals surface area contributed by atoms with E-state index >= 15 is 0 Å². The van der Waals surface area contributed by atoms with Crippen molar-refractivity contribution in [2.75, 3.05) is 18.4 Å². The first-order valence-corrected chi connectivity index (χ1v) is 11.8. The minimum Gasteiger partial charge on any atom is -0.352 e. The van der Waals surface area contributed by atoms with Crippen LogP contribution in [0.3, 0.4) is 0 Å². The van der Waals surface area contributed by atoms with Gasteiger partial charge in [-0.3, -0.25) is 14.4 Å². The van der Waals surface area contributed by atoms with Crippen LogP contribution in [0.4, 0.5) is 10.1 Å². The molecule has 176 valence electrons. The van der Waals surface area contributed by atoms with Crippen molar-refractivity contribution in [3.8, 4) is 0 Å². The molecule has 0 bridgehead atoms. The van der Waals surface area contributed by atoms with Gasteiger partial charge in [-0.15, -0.1) is 10.2 Å². The number of rotatable bonds is 7. The lowest BCUT2D eigenvalue weighted by atomic mass is 9.93. The molecule has 1 aliphatic rings. The third-order valence-electron chi connectivity index (χ3n) is 5.61. The van der Waals surface area contributed by atoms with Gasteiger partial charge in [0, 0.05) is 31.7 Å². The molecule has 2 aromatic carbocycles. The molecule has 0 radical (unpaired) electrons. The van der Waals surface area contributed by atoms with Crippen molar-refractivity contribution in [3.63, 3.8) is 0 Å². The Bertz CT molecular complexity index is 1140. The summed E-state index contributed by atoms with van der Waals surface area (Å²) in [5.74, 6) is -0.965. The maximum Gasteiger partial charge on any atom is 0.286 e. The minimum atomic E-state index is -0.511. The van der Waals surface area contributed by atoms with Crippen LogP contribution in [0.25, 0.3) is 0 Å². The first kappa shape index (κ1) is 23.5. The molecule has 1 aliphatic heterocycles. The molecule has 0 aliphatic carbocycles. The van der Waals surface area contributed by atoms with Crippen LogP contribution in [-0.4, -0.2) is 45.9 Å². The molecule has 34 heavy (non-hydrogen) atoms. The normalized spacial score (nSPS) is 14.0. The summed E-state index contributed by atoms with van der Waals surface area (Å²) in [5, 5.41) is 13.5. The molecule has 1 fully saturated rings. The Morgan fingerprint density at radius 2 is 1.65 bits per heavy atom. The third kappa shape index (κ3) is 6.22. The fraction of sp³-hybridized carbons (Fsp3) is 0.292. The molecule has 3 aromatic rings. The molecule has 0 saturated carbocycles. The first-order chi connectivity index (χ1) is 16.5. The van der Waals surface area contributed by atoms with Gasteiger partial charge in [-0.25, -0.2) is 4.39 Å². The summed E-state index contributed by atoms with van der Waals surface area (Å²) in [6.07, 6.45) is 1.88. The number of piperidine rings is 1. The van der Waals surface area contributed by atoms with Crippen molar-refractivity contribution in [1.29, 1.82) is 0 Å². The van der Waals surface area contributed by atoms with Crippen molar-refractivity contribution < 1.29 is 18.8 Å². The van der Waals surface area contributed by atoms with Crippen LogP contribution in [0.1, 0.15) is 44.4 Å². The standard InChI is InChI=1S/C24H24FN5O3S/c25-18-6-8-19(9-7-18)27-21(32)22-28-29-23(34-22)24(33)30-12-10-16(11-13-30)14-20(31)26-15-17-4-2-1-3-5-17/h1-9,16H,10-15H2,(H,26,31)(H,27,32). The van der Waals surface area contributed by atoms with Gasteiger partial charge in [0.05, 0.1) is 0 Å². The Morgan fingerprint density at radius 3 is 2.35 bits per heavy atom. The Labute approximate surface area is 200 Å². The average Bonchev–Trinajstić information content (AvgIpc) is 3.35. The van der Waals surface area contributed by atoms with E-state index in [1.54, 1.807) is 4.90 Å². The quantitative estimate of drug-likeness (QED) is 0.538. The summed E-state index contributed by atoms with van der Waals surface area (Å²) in [6, 6.07) is 15.1. The number of nitrogens with zero attached hydrogens (tertiary/aromatic N) is 3. The van der Waals surface area contributed by atoms with E-state index in [9.17, 15) is 18.8 Å². The zero-order valence-corrected chi connectivity index (χ0v) is 19.2. The molecule has 2 N–H and O–H groups in total. The summed E-state index contributed by atoms with van der Waals surface area (Å²) in [5.41, 5.74) is 1.48. The van der Waals surface area contributed by atoms with Gasteiger partial charge in [0.25, 0.3) is 11.8 Å². The van der Waals surface area contributed by atoms with Gasteiger partial charge < -0.3 is 15.5 Å². The van der Waals surface area contributed by atoms with E-state index in [-0.39, 0.29) is 27.7 Å². The largest absolute Gasteiger partial charge is 0.352 e. The average molecular weight is 482 g/mol. The number of aromatic nitrogens is 2. The molecule has 1 saturated heterocycles. The van der Waals surface area contributed by atoms with E-state index in [0.29, 0.717) is 31.7 Å². The SMILES string of the molecule is O=C(CC1CCN(C(=O)c2nnc(C(=O)Nc3ccc(F)cc3)s2)CC1)NCc1ccccc1. The Morgan fingerprint density at radius 1 is 0.971 bits per heavy atom. The number of carbonyl (C=O) groups excluding carboxylic acids is 3. The highest BCUT2D eigenvalue weighted by atomic mass is 32.1. The third-order valence-corrected chi connectivity index (χ3v) is 6.52. The second-order valence-electron chi connectivity index (χ2n) is 8.08. The number of anilines is 1. The number of halogens is 1. The van der Waals surface area contributed by atoms with E-state index in [0.717, 1.165) is 29.7 Å². The Balaban J connectivity index is 1.23. The van der Waals surface area contributed by atoms with Gasteiger partial charge in [0.2, 0.25) is 15.9 Å². The molecule has 1 aromatic heterocycles. The molecule has 2 heterocycles. The number of amides is 3. The van der Waals surface area contributed by atoms with Crippen molar-refractivity contribution in [2.45, 2.75) is 25.8 Å². The van der Waals surface area contributed by atoms with Crippen LogP contribution in [0.5, 0.6) is 0 Å². The lowest BCUT2D eigenvalue weighted by Gasteiger charge is -2.31. The smallest absolute Gasteiger partial charge is 0.286 e. The van der Waals surface area contributed by atoms with Crippen LogP contribution in [0, 0.1) is 11.7 Å². The lowest BCUT2D eigenvalue weighted by molar-refractivity contribution is -0.122. The molecule has 8 nitrogen and oxygen atoms in total. The Hall–Kier alpha value is -3.66. The fourth-order valence-corrected chi connectivity index (χ4v) is 4.43. The van der Waals surface area contributed by atoms with Gasteiger partial charge in [0.15, 0.2) is 0 Å². The molecular weight excluding hydrogens is 457 g/mol. The van der Waals surface area contributed by atoms with Gasteiger partial charge in [0.1, 0.15) is 5.82 Å². The van der Waals surface area contributed by atoms with Crippen LogP contribution in [-0.2, 0) is 11.3 Å². The van der Waals surface area contributed by atoms with Crippen LogP contribution in [0.15, 0.2) is 54.6 Å². The van der Waals surface area contributed by atoms with Crippen LogP contribution in [0.2, 0.25) is 0 Å². The number of nitrogens with one attached hydrogen (secondary N) is 2. The fourth-order valence-electron chi connectivity index (χ4n) is 3.73. The first-order valence-electron chi connectivity index (χ1n) is 11.0. The Kier molecular flexibility index (Phi) is 7.58. The molecule has 10 heteroatoms. The summed E-state index contributed by atoms with van der Waals surface area (Å²) >= 11 is 0.917. The van der Waals surface area contributed by atoms with Crippen molar-refractivity contribution in [3.05, 3.63) is 76.0 Å². The molecule has 4 rings (SSSR count). The molecular formula is C24H24FN5O3S.